The molecule has 0 aliphatic carbocycles. The van der Waals surface area contributed by atoms with Gasteiger partial charge in [-0.2, -0.15) is 0 Å². The molecule has 2 aromatic carbocycles. The van der Waals surface area contributed by atoms with Gasteiger partial charge in [0.25, 0.3) is 0 Å². The molecule has 0 radical (unpaired) electrons. The third kappa shape index (κ3) is 4.19. The van der Waals surface area contributed by atoms with Crippen molar-refractivity contribution in [3.05, 3.63) is 48.0 Å². The number of fused-ring (bicyclic) bond motifs is 1. The van der Waals surface area contributed by atoms with E-state index in [1.165, 1.54) is 4.90 Å². The van der Waals surface area contributed by atoms with Gasteiger partial charge in [-0.25, -0.2) is 4.79 Å². The molecule has 1 aliphatic rings. The fraction of sp³-hybridized carbons (Fsp3) is 0.333. The minimum absolute atomic E-state index is 0.0147. The Morgan fingerprint density at radius 3 is 2.54 bits per heavy atom. The number of hydrogen-bond acceptors (Lipinski definition) is 5. The number of benzene rings is 2. The first-order chi connectivity index (χ1) is 13.4. The van der Waals surface area contributed by atoms with Gasteiger partial charge in [0.2, 0.25) is 0 Å². The van der Waals surface area contributed by atoms with Crippen molar-refractivity contribution in [3.8, 4) is 11.5 Å². The van der Waals surface area contributed by atoms with Gasteiger partial charge in [-0.05, 0) is 41.8 Å². The average molecular weight is 384 g/mol. The second-order valence-corrected chi connectivity index (χ2v) is 6.94. The predicted octanol–water partition coefficient (Wildman–Crippen LogP) is 3.95. The molecule has 7 heteroatoms. The van der Waals surface area contributed by atoms with Crippen molar-refractivity contribution in [1.82, 2.24) is 0 Å². The number of aliphatic carboxylic acids is 1. The second kappa shape index (κ2) is 8.21. The number of anilines is 2. The molecule has 7 nitrogen and oxygen atoms in total. The standard InChI is InChI=1S/C21H24N2O5/c1-13(10-20(24)25)18-12-22-19-11-16(8-9-17(18)19)28-21(26)23(2)14-4-6-15(27-3)7-5-14/h4-9,11,13,18,22H,10,12H2,1-3H3,(H,24,25). The molecule has 1 aliphatic heterocycles. The first-order valence-corrected chi connectivity index (χ1v) is 9.08. The van der Waals surface area contributed by atoms with Crippen LogP contribution in [0.5, 0.6) is 11.5 Å². The SMILES string of the molecule is COc1ccc(N(C)C(=O)Oc2ccc3c(c2)NCC3C(C)CC(=O)O)cc1. The van der Waals surface area contributed by atoms with Gasteiger partial charge in [-0.1, -0.05) is 13.0 Å². The lowest BCUT2D eigenvalue weighted by Crippen LogP contribution is -2.29. The molecule has 2 N–H and O–H groups in total. The summed E-state index contributed by atoms with van der Waals surface area (Å²) in [5, 5.41) is 12.3. The quantitative estimate of drug-likeness (QED) is 0.784. The van der Waals surface area contributed by atoms with Crippen LogP contribution in [0, 0.1) is 5.92 Å². The summed E-state index contributed by atoms with van der Waals surface area (Å²) in [6, 6.07) is 12.5. The van der Waals surface area contributed by atoms with Crippen molar-refractivity contribution in [1.29, 1.82) is 0 Å². The van der Waals surface area contributed by atoms with Crippen LogP contribution in [-0.2, 0) is 4.79 Å². The molecule has 0 aromatic heterocycles. The van der Waals surface area contributed by atoms with E-state index >= 15 is 0 Å². The topological polar surface area (TPSA) is 88.1 Å². The van der Waals surface area contributed by atoms with Crippen molar-refractivity contribution < 1.29 is 24.2 Å². The van der Waals surface area contributed by atoms with E-state index in [2.05, 4.69) is 5.32 Å². The van der Waals surface area contributed by atoms with E-state index < -0.39 is 12.1 Å². The molecule has 0 spiro atoms. The number of amides is 1. The van der Waals surface area contributed by atoms with Gasteiger partial charge in [0.15, 0.2) is 0 Å². The summed E-state index contributed by atoms with van der Waals surface area (Å²) in [5.41, 5.74) is 2.62. The molecule has 2 atom stereocenters. The van der Waals surface area contributed by atoms with Crippen molar-refractivity contribution >= 4 is 23.4 Å². The van der Waals surface area contributed by atoms with Crippen LogP contribution in [0.1, 0.15) is 24.8 Å². The molecule has 2 unspecified atom stereocenters. The summed E-state index contributed by atoms with van der Waals surface area (Å²) >= 11 is 0. The van der Waals surface area contributed by atoms with Gasteiger partial charge in [0.1, 0.15) is 11.5 Å². The summed E-state index contributed by atoms with van der Waals surface area (Å²) in [5.74, 6) is 0.483. The summed E-state index contributed by atoms with van der Waals surface area (Å²) in [4.78, 5) is 24.8. The van der Waals surface area contributed by atoms with Crippen molar-refractivity contribution in [2.75, 3.05) is 30.9 Å². The van der Waals surface area contributed by atoms with Crippen LogP contribution in [0.25, 0.3) is 0 Å². The highest BCUT2D eigenvalue weighted by atomic mass is 16.6. The van der Waals surface area contributed by atoms with E-state index in [0.29, 0.717) is 23.7 Å². The first-order valence-electron chi connectivity index (χ1n) is 9.08. The van der Waals surface area contributed by atoms with E-state index in [1.807, 2.05) is 13.0 Å². The number of rotatable bonds is 6. The smallest absolute Gasteiger partial charge is 0.419 e. The number of carbonyl (C=O) groups excluding carboxylic acids is 1. The number of carboxylic acids is 1. The fourth-order valence-corrected chi connectivity index (χ4v) is 3.41. The highest BCUT2D eigenvalue weighted by Gasteiger charge is 2.29. The van der Waals surface area contributed by atoms with E-state index in [-0.39, 0.29) is 18.3 Å². The summed E-state index contributed by atoms with van der Waals surface area (Å²) in [6.45, 7) is 2.61. The number of hydrogen-bond donors (Lipinski definition) is 2. The zero-order chi connectivity index (χ0) is 20.3. The van der Waals surface area contributed by atoms with E-state index in [1.54, 1.807) is 50.6 Å². The largest absolute Gasteiger partial charge is 0.497 e. The zero-order valence-electron chi connectivity index (χ0n) is 16.1. The lowest BCUT2D eigenvalue weighted by Gasteiger charge is -2.18. The maximum atomic E-state index is 12.4. The van der Waals surface area contributed by atoms with Crippen molar-refractivity contribution in [3.63, 3.8) is 0 Å². The minimum Gasteiger partial charge on any atom is -0.497 e. The molecule has 3 rings (SSSR count). The molecule has 0 saturated heterocycles. The highest BCUT2D eigenvalue weighted by molar-refractivity contribution is 5.88. The number of methoxy groups -OCH3 is 1. The Kier molecular flexibility index (Phi) is 5.73. The van der Waals surface area contributed by atoms with E-state index in [4.69, 9.17) is 14.6 Å². The number of nitrogens with one attached hydrogen (secondary N) is 1. The number of carbonyl (C=O) groups is 2. The Bertz CT molecular complexity index is 866. The Labute approximate surface area is 163 Å². The van der Waals surface area contributed by atoms with Gasteiger partial charge in [0.05, 0.1) is 7.11 Å². The molecule has 2 aromatic rings. The third-order valence-corrected chi connectivity index (χ3v) is 5.06. The van der Waals surface area contributed by atoms with Crippen LogP contribution in [0.2, 0.25) is 0 Å². The molecule has 1 heterocycles. The third-order valence-electron chi connectivity index (χ3n) is 5.06. The first kappa shape index (κ1) is 19.5. The van der Waals surface area contributed by atoms with Gasteiger partial charge >= 0.3 is 12.1 Å². The van der Waals surface area contributed by atoms with Crippen LogP contribution in [0.4, 0.5) is 16.2 Å². The Balaban J connectivity index is 1.68. The highest BCUT2D eigenvalue weighted by Crippen LogP contribution is 2.39. The Morgan fingerprint density at radius 1 is 1.21 bits per heavy atom. The van der Waals surface area contributed by atoms with E-state index in [0.717, 1.165) is 11.3 Å². The Hall–Kier alpha value is -3.22. The van der Waals surface area contributed by atoms with E-state index in [9.17, 15) is 9.59 Å². The number of carboxylic acid groups (broad SMARTS) is 1. The van der Waals surface area contributed by atoms with Crippen molar-refractivity contribution in [2.45, 2.75) is 19.3 Å². The lowest BCUT2D eigenvalue weighted by atomic mass is 9.87. The normalized spacial score (nSPS) is 15.9. The molecule has 0 fully saturated rings. The molecule has 148 valence electrons. The van der Waals surface area contributed by atoms with Gasteiger partial charge in [-0.15, -0.1) is 0 Å². The average Bonchev–Trinajstić information content (AvgIpc) is 3.10. The second-order valence-electron chi connectivity index (χ2n) is 6.94. The predicted molar refractivity (Wildman–Crippen MR) is 107 cm³/mol. The number of ether oxygens (including phenoxy) is 2. The van der Waals surface area contributed by atoms with Crippen molar-refractivity contribution in [2.24, 2.45) is 5.92 Å². The van der Waals surface area contributed by atoms with Crippen LogP contribution in [-0.4, -0.2) is 37.9 Å². The van der Waals surface area contributed by atoms with Gasteiger partial charge in [0, 0.05) is 43.4 Å². The van der Waals surface area contributed by atoms with Crippen LogP contribution in [0.15, 0.2) is 42.5 Å². The Morgan fingerprint density at radius 2 is 1.89 bits per heavy atom. The molecular weight excluding hydrogens is 360 g/mol. The monoisotopic (exact) mass is 384 g/mol. The number of nitrogens with zero attached hydrogens (tertiary/aromatic N) is 1. The fourth-order valence-electron chi connectivity index (χ4n) is 3.41. The zero-order valence-corrected chi connectivity index (χ0v) is 16.1. The lowest BCUT2D eigenvalue weighted by molar-refractivity contribution is -0.138. The maximum absolute atomic E-state index is 12.4. The molecule has 1 amide bonds. The molecule has 0 bridgehead atoms. The summed E-state index contributed by atoms with van der Waals surface area (Å²) in [6.07, 6.45) is -0.381. The van der Waals surface area contributed by atoms with Gasteiger partial charge < -0.3 is 19.9 Å². The van der Waals surface area contributed by atoms with Crippen LogP contribution >= 0.6 is 0 Å². The maximum Gasteiger partial charge on any atom is 0.419 e. The molecule has 28 heavy (non-hydrogen) atoms. The van der Waals surface area contributed by atoms with Gasteiger partial charge in [-0.3, -0.25) is 9.69 Å². The van der Waals surface area contributed by atoms with Crippen LogP contribution < -0.4 is 19.7 Å². The minimum atomic E-state index is -0.798. The summed E-state index contributed by atoms with van der Waals surface area (Å²) < 4.78 is 10.6. The van der Waals surface area contributed by atoms with Crippen LogP contribution in [0.3, 0.4) is 0 Å². The molecule has 0 saturated carbocycles. The molecular formula is C21H24N2O5. The summed E-state index contributed by atoms with van der Waals surface area (Å²) in [7, 11) is 3.22.